The van der Waals surface area contributed by atoms with E-state index in [4.69, 9.17) is 5.73 Å². The van der Waals surface area contributed by atoms with Crippen molar-refractivity contribution in [1.29, 1.82) is 0 Å². The van der Waals surface area contributed by atoms with Gasteiger partial charge >= 0.3 is 4.83 Å². The summed E-state index contributed by atoms with van der Waals surface area (Å²) in [5, 5.41) is 0. The van der Waals surface area contributed by atoms with Gasteiger partial charge in [-0.15, -0.1) is 0 Å². The van der Waals surface area contributed by atoms with Crippen LogP contribution in [0.5, 0.6) is 0 Å². The minimum Gasteiger partial charge on any atom is -0.368 e. The zero-order valence-corrected chi connectivity index (χ0v) is 12.0. The highest BCUT2D eigenvalue weighted by atomic mass is 79.9. The Morgan fingerprint density at radius 2 is 2.26 bits per heavy atom. The number of hydrogen-bond donors (Lipinski definition) is 1. The lowest BCUT2D eigenvalue weighted by Gasteiger charge is -2.24. The van der Waals surface area contributed by atoms with Gasteiger partial charge < -0.3 is 10.6 Å². The third-order valence-corrected chi connectivity index (χ3v) is 3.01. The molecule has 0 saturated heterocycles. The van der Waals surface area contributed by atoms with Crippen LogP contribution in [0, 0.1) is 0 Å². The van der Waals surface area contributed by atoms with Gasteiger partial charge in [0.15, 0.2) is 0 Å². The van der Waals surface area contributed by atoms with Gasteiger partial charge in [0.25, 0.3) is 0 Å². The molecular weight excluding hydrogens is 322 g/mol. The van der Waals surface area contributed by atoms with Crippen LogP contribution in [0.3, 0.4) is 0 Å². The molecule has 0 bridgehead atoms. The fourth-order valence-electron chi connectivity index (χ4n) is 1.83. The van der Waals surface area contributed by atoms with Crippen molar-refractivity contribution in [2.45, 2.75) is 37.1 Å². The molecule has 1 unspecified atom stereocenters. The monoisotopic (exact) mass is 336 g/mol. The molecule has 0 aromatic carbocycles. The summed E-state index contributed by atoms with van der Waals surface area (Å²) in [7, 11) is 0. The molecule has 7 heteroatoms. The molecular formula is C12H15BrF2N2O2. The maximum atomic E-state index is 12.9. The number of nitrogens with zero attached hydrogens (tertiary/aromatic N) is 1. The van der Waals surface area contributed by atoms with Crippen molar-refractivity contribution in [2.24, 2.45) is 5.73 Å². The average molecular weight is 337 g/mol. The van der Waals surface area contributed by atoms with Crippen molar-refractivity contribution >= 4 is 27.7 Å². The predicted octanol–water partition coefficient (Wildman–Crippen LogP) is 2.30. The maximum Gasteiger partial charge on any atom is 0.305 e. The van der Waals surface area contributed by atoms with Gasteiger partial charge in [0, 0.05) is 19.0 Å². The fourth-order valence-corrected chi connectivity index (χ4v) is 2.15. The Morgan fingerprint density at radius 1 is 1.63 bits per heavy atom. The van der Waals surface area contributed by atoms with E-state index in [9.17, 15) is 18.4 Å². The lowest BCUT2D eigenvalue weighted by Crippen LogP contribution is -2.44. The van der Waals surface area contributed by atoms with Crippen LogP contribution in [-0.4, -0.2) is 27.6 Å². The molecule has 0 spiro atoms. The molecule has 19 heavy (non-hydrogen) atoms. The van der Waals surface area contributed by atoms with Crippen LogP contribution in [0.1, 0.15) is 26.2 Å². The molecule has 4 nitrogen and oxygen atoms in total. The van der Waals surface area contributed by atoms with Gasteiger partial charge in [-0.1, -0.05) is 13.0 Å². The molecule has 0 aromatic rings. The first-order valence-corrected chi connectivity index (χ1v) is 6.58. The molecule has 0 radical (unpaired) electrons. The molecule has 1 aliphatic heterocycles. The number of allylic oxidation sites excluding steroid dienone is 2. The van der Waals surface area contributed by atoms with E-state index in [-0.39, 0.29) is 12.3 Å². The Hall–Kier alpha value is -1.24. The average Bonchev–Trinajstić information content (AvgIpc) is 2.42. The SMILES string of the molecule is CCC(C(N)=O)N1C=CC(CC(F)(F)Br)=CCC1=O. The van der Waals surface area contributed by atoms with Crippen LogP contribution in [0.2, 0.25) is 0 Å². The number of amides is 2. The predicted molar refractivity (Wildman–Crippen MR) is 70.5 cm³/mol. The second-order valence-corrected chi connectivity index (χ2v) is 5.38. The molecule has 2 amide bonds. The highest BCUT2D eigenvalue weighted by Gasteiger charge is 2.28. The zero-order valence-electron chi connectivity index (χ0n) is 10.4. The summed E-state index contributed by atoms with van der Waals surface area (Å²) in [6, 6.07) is -0.749. The number of carbonyl (C=O) groups is 2. The molecule has 1 atom stereocenters. The van der Waals surface area contributed by atoms with Crippen LogP contribution in [0.4, 0.5) is 8.78 Å². The van der Waals surface area contributed by atoms with E-state index >= 15 is 0 Å². The minimum absolute atomic E-state index is 0.0325. The molecule has 0 fully saturated rings. The maximum absolute atomic E-state index is 12.9. The summed E-state index contributed by atoms with van der Waals surface area (Å²) in [5.74, 6) is -0.954. The summed E-state index contributed by atoms with van der Waals surface area (Å²) in [6.45, 7) is 1.72. The van der Waals surface area contributed by atoms with Crippen LogP contribution < -0.4 is 5.73 Å². The molecule has 0 saturated carbocycles. The summed E-state index contributed by atoms with van der Waals surface area (Å²) in [4.78, 5) is 21.3. The van der Waals surface area contributed by atoms with E-state index in [1.807, 2.05) is 0 Å². The van der Waals surface area contributed by atoms with Gasteiger partial charge in [-0.25, -0.2) is 0 Å². The summed E-state index contributed by atoms with van der Waals surface area (Å²) in [6.07, 6.45) is 4.01. The van der Waals surface area contributed by atoms with Crippen molar-refractivity contribution < 1.29 is 18.4 Å². The number of alkyl halides is 3. The number of nitrogens with two attached hydrogens (primary N) is 1. The topological polar surface area (TPSA) is 63.4 Å². The zero-order chi connectivity index (χ0) is 14.6. The number of primary amides is 1. The highest BCUT2D eigenvalue weighted by Crippen LogP contribution is 2.31. The van der Waals surface area contributed by atoms with E-state index in [2.05, 4.69) is 15.9 Å². The number of halogens is 3. The van der Waals surface area contributed by atoms with Crippen LogP contribution >= 0.6 is 15.9 Å². The van der Waals surface area contributed by atoms with E-state index < -0.39 is 23.2 Å². The van der Waals surface area contributed by atoms with Crippen molar-refractivity contribution in [3.8, 4) is 0 Å². The molecule has 1 rings (SSSR count). The normalized spacial score (nSPS) is 18.0. The Morgan fingerprint density at radius 3 is 2.74 bits per heavy atom. The van der Waals surface area contributed by atoms with Gasteiger partial charge in [0.2, 0.25) is 11.8 Å². The molecule has 1 aliphatic rings. The minimum atomic E-state index is -3.02. The standard InChI is InChI=1S/C12H15BrF2N2O2/c1-2-9(11(16)19)17-6-5-8(3-4-10(17)18)7-12(13,14)15/h3,5-6,9H,2,4,7H2,1H3,(H2,16,19). The first-order valence-electron chi connectivity index (χ1n) is 5.79. The first-order chi connectivity index (χ1) is 8.74. The Balaban J connectivity index is 2.89. The molecule has 106 valence electrons. The van der Waals surface area contributed by atoms with Gasteiger partial charge in [0.05, 0.1) is 0 Å². The van der Waals surface area contributed by atoms with E-state index in [0.29, 0.717) is 12.0 Å². The fraction of sp³-hybridized carbons (Fsp3) is 0.500. The van der Waals surface area contributed by atoms with Gasteiger partial charge in [0.1, 0.15) is 6.04 Å². The van der Waals surface area contributed by atoms with Crippen molar-refractivity contribution in [2.75, 3.05) is 0 Å². The summed E-state index contributed by atoms with van der Waals surface area (Å²) < 4.78 is 25.7. The van der Waals surface area contributed by atoms with E-state index in [0.717, 1.165) is 0 Å². The van der Waals surface area contributed by atoms with Gasteiger partial charge in [-0.3, -0.25) is 9.59 Å². The van der Waals surface area contributed by atoms with Crippen molar-refractivity contribution in [3.05, 3.63) is 23.9 Å². The lowest BCUT2D eigenvalue weighted by atomic mass is 10.1. The second-order valence-electron chi connectivity index (χ2n) is 4.22. The third-order valence-electron chi connectivity index (χ3n) is 2.73. The third kappa shape index (κ3) is 4.74. The number of rotatable bonds is 5. The number of carbonyl (C=O) groups excluding carboxylic acids is 2. The molecule has 1 heterocycles. The quantitative estimate of drug-likeness (QED) is 0.783. The first kappa shape index (κ1) is 15.8. The highest BCUT2D eigenvalue weighted by molar-refractivity contribution is 9.10. The van der Waals surface area contributed by atoms with Gasteiger partial charge in [-0.05, 0) is 34.0 Å². The Bertz CT molecular complexity index is 430. The Labute approximate surface area is 118 Å². The lowest BCUT2D eigenvalue weighted by molar-refractivity contribution is -0.135. The van der Waals surface area contributed by atoms with E-state index in [1.165, 1.54) is 23.3 Å². The van der Waals surface area contributed by atoms with E-state index in [1.54, 1.807) is 6.92 Å². The van der Waals surface area contributed by atoms with Crippen LogP contribution in [-0.2, 0) is 9.59 Å². The summed E-state index contributed by atoms with van der Waals surface area (Å²) >= 11 is 2.25. The smallest absolute Gasteiger partial charge is 0.305 e. The van der Waals surface area contributed by atoms with Gasteiger partial charge in [-0.2, -0.15) is 8.78 Å². The molecule has 0 aliphatic carbocycles. The Kier molecular flexibility index (Phi) is 5.22. The van der Waals surface area contributed by atoms with Crippen molar-refractivity contribution in [3.63, 3.8) is 0 Å². The van der Waals surface area contributed by atoms with Crippen LogP contribution in [0.25, 0.3) is 0 Å². The van der Waals surface area contributed by atoms with Crippen LogP contribution in [0.15, 0.2) is 23.9 Å². The number of hydrogen-bond acceptors (Lipinski definition) is 2. The largest absolute Gasteiger partial charge is 0.368 e. The second kappa shape index (κ2) is 6.27. The molecule has 2 N–H and O–H groups in total. The van der Waals surface area contributed by atoms with Crippen molar-refractivity contribution in [1.82, 2.24) is 4.90 Å². The summed E-state index contributed by atoms with van der Waals surface area (Å²) in [5.41, 5.74) is 5.55. The molecule has 0 aromatic heterocycles.